The van der Waals surface area contributed by atoms with E-state index in [4.69, 9.17) is 19.7 Å². The second-order valence-corrected chi connectivity index (χ2v) is 18.5. The number of alkyl halides is 1. The number of ether oxygens (including phenoxy) is 3. The summed E-state index contributed by atoms with van der Waals surface area (Å²) in [5.74, 6) is -1.68. The topological polar surface area (TPSA) is 114 Å². The van der Waals surface area contributed by atoms with Gasteiger partial charge in [0.25, 0.3) is 0 Å². The summed E-state index contributed by atoms with van der Waals surface area (Å²) in [7, 11) is -1.44. The van der Waals surface area contributed by atoms with Crippen LogP contribution in [0.5, 0.6) is 0 Å². The minimum atomic E-state index is -1.89. The van der Waals surface area contributed by atoms with Crippen LogP contribution in [0.15, 0.2) is 38.6 Å². The summed E-state index contributed by atoms with van der Waals surface area (Å²) in [4.78, 5) is 33.6. The highest BCUT2D eigenvalue weighted by Gasteiger charge is 2.40. The van der Waals surface area contributed by atoms with Crippen molar-refractivity contribution in [1.82, 2.24) is 4.90 Å². The van der Waals surface area contributed by atoms with Gasteiger partial charge in [0.2, 0.25) is 0 Å². The molecule has 1 heterocycles. The first-order valence-corrected chi connectivity index (χ1v) is 17.3. The maximum Gasteiger partial charge on any atom is 0.418 e. The molecule has 0 unspecified atom stereocenters. The number of thioether (sulfide) groups is 1. The smallest absolute Gasteiger partial charge is 0.418 e. The fraction of sp³-hybridized carbons (Fsp3) is 0.520. The van der Waals surface area contributed by atoms with Crippen molar-refractivity contribution >= 4 is 59.2 Å². The molecule has 0 N–H and O–H groups in total. The van der Waals surface area contributed by atoms with E-state index in [1.54, 1.807) is 20.8 Å². The Bertz CT molecular complexity index is 1180. The van der Waals surface area contributed by atoms with E-state index < -0.39 is 43.8 Å². The van der Waals surface area contributed by atoms with Crippen LogP contribution in [0.1, 0.15) is 26.3 Å². The van der Waals surface area contributed by atoms with E-state index in [-0.39, 0.29) is 29.0 Å². The van der Waals surface area contributed by atoms with E-state index in [0.717, 1.165) is 22.7 Å². The summed E-state index contributed by atoms with van der Waals surface area (Å²) in [6, 6.07) is 4.87. The summed E-state index contributed by atoms with van der Waals surface area (Å²) >= 11 is 4.20. The Morgan fingerprint density at radius 2 is 2.00 bits per heavy atom. The Morgan fingerprint density at radius 3 is 2.59 bits per heavy atom. The first-order valence-electron chi connectivity index (χ1n) is 12.0. The lowest BCUT2D eigenvalue weighted by Gasteiger charge is -2.34. The number of rotatable bonds is 10. The highest BCUT2D eigenvalue weighted by atomic mass is 79.9. The SMILES string of the molecule is CC(C)(C)OC(=O)N(COCC[Si](C)(C)C)C1=N[C@](CF)(c2cc(Br)ccc2F)C=C(COC(=O)C=[N+]=[N-])S1. The molecule has 1 aromatic rings. The van der Waals surface area contributed by atoms with Crippen LogP contribution in [0.2, 0.25) is 25.7 Å². The van der Waals surface area contributed by atoms with Gasteiger partial charge in [0.05, 0.1) is 0 Å². The second-order valence-electron chi connectivity index (χ2n) is 10.9. The molecule has 1 aliphatic heterocycles. The predicted molar refractivity (Wildman–Crippen MR) is 153 cm³/mol. The Hall–Kier alpha value is -2.38. The van der Waals surface area contributed by atoms with Gasteiger partial charge in [-0.3, -0.25) is 0 Å². The minimum absolute atomic E-state index is 0.0290. The zero-order valence-electron chi connectivity index (χ0n) is 22.8. The largest absolute Gasteiger partial charge is 0.452 e. The molecule has 0 aromatic heterocycles. The number of aliphatic imine (C=N–C) groups is 1. The molecule has 39 heavy (non-hydrogen) atoms. The van der Waals surface area contributed by atoms with Crippen LogP contribution in [0.25, 0.3) is 5.53 Å². The third kappa shape index (κ3) is 10.3. The fourth-order valence-electron chi connectivity index (χ4n) is 3.20. The molecule has 1 atom stereocenters. The zero-order valence-corrected chi connectivity index (χ0v) is 26.2. The van der Waals surface area contributed by atoms with Gasteiger partial charge < -0.3 is 19.7 Å². The van der Waals surface area contributed by atoms with Crippen LogP contribution in [-0.2, 0) is 24.5 Å². The number of halogens is 3. The average Bonchev–Trinajstić information content (AvgIpc) is 2.82. The molecule has 0 saturated heterocycles. The van der Waals surface area contributed by atoms with Gasteiger partial charge in [-0.15, -0.1) is 0 Å². The lowest BCUT2D eigenvalue weighted by Crippen LogP contribution is -2.44. The van der Waals surface area contributed by atoms with Gasteiger partial charge in [-0.2, -0.15) is 4.79 Å². The summed E-state index contributed by atoms with van der Waals surface area (Å²) in [6.07, 6.45) is 1.10. The summed E-state index contributed by atoms with van der Waals surface area (Å²) in [5.41, 5.74) is 5.74. The molecular weight excluding hydrogens is 614 g/mol. The highest BCUT2D eigenvalue weighted by molar-refractivity contribution is 9.10. The van der Waals surface area contributed by atoms with Gasteiger partial charge in [0, 0.05) is 29.6 Å². The van der Waals surface area contributed by atoms with Gasteiger partial charge in [0.15, 0.2) is 5.17 Å². The van der Waals surface area contributed by atoms with Crippen molar-refractivity contribution < 1.29 is 37.4 Å². The molecule has 0 bridgehead atoms. The van der Waals surface area contributed by atoms with E-state index in [9.17, 15) is 14.0 Å². The molecule has 0 fully saturated rings. The van der Waals surface area contributed by atoms with Crippen LogP contribution in [0.3, 0.4) is 0 Å². The number of amidine groups is 1. The number of carbonyl (C=O) groups is 2. The van der Waals surface area contributed by atoms with Gasteiger partial charge in [-0.1, -0.05) is 47.3 Å². The highest BCUT2D eigenvalue weighted by Crippen LogP contribution is 2.41. The summed E-state index contributed by atoms with van der Waals surface area (Å²) in [6.45, 7) is 10.2. The number of nitrogens with zero attached hydrogens (tertiary/aromatic N) is 4. The third-order valence-corrected chi connectivity index (χ3v) is 8.29. The second kappa shape index (κ2) is 13.8. The van der Waals surface area contributed by atoms with Crippen molar-refractivity contribution in [3.8, 4) is 0 Å². The number of hydrogen-bond acceptors (Lipinski definition) is 7. The van der Waals surface area contributed by atoms with Gasteiger partial charge in [0.1, 0.15) is 37.0 Å². The molecule has 0 aliphatic carbocycles. The van der Waals surface area contributed by atoms with Crippen LogP contribution in [0.4, 0.5) is 13.6 Å². The maximum atomic E-state index is 15.0. The Morgan fingerprint density at radius 1 is 1.31 bits per heavy atom. The Balaban J connectivity index is 2.58. The molecule has 1 aromatic carbocycles. The number of hydrogen-bond donors (Lipinski definition) is 0. The molecule has 1 amide bonds. The molecule has 0 saturated carbocycles. The van der Waals surface area contributed by atoms with E-state index >= 15 is 4.39 Å². The zero-order chi connectivity index (χ0) is 29.4. The summed E-state index contributed by atoms with van der Waals surface area (Å²) < 4.78 is 46.9. The standard InChI is InChI=1S/C25H33BrF2N4O5SSi/c1-24(2,3)37-23(34)32(16-35-9-10-39(4,5)6)22-31-25(15-27,19-11-17(26)7-8-20(19)28)12-18(38-22)14-36-21(33)13-30-29/h7-8,11-13H,9-10,14-16H2,1-6H3/t25-/m1/s1. The van der Waals surface area contributed by atoms with Crippen molar-refractivity contribution in [1.29, 1.82) is 0 Å². The number of esters is 1. The van der Waals surface area contributed by atoms with Crippen LogP contribution in [0, 0.1) is 5.82 Å². The molecular formula is C25H33BrF2N4O5SSi. The summed E-state index contributed by atoms with van der Waals surface area (Å²) in [5, 5.41) is -0.0290. The predicted octanol–water partition coefficient (Wildman–Crippen LogP) is 6.13. The maximum absolute atomic E-state index is 15.0. The van der Waals surface area contributed by atoms with Crippen molar-refractivity contribution in [3.05, 3.63) is 50.6 Å². The first-order chi connectivity index (χ1) is 18.1. The number of benzene rings is 1. The first kappa shape index (κ1) is 32.8. The van der Waals surface area contributed by atoms with Crippen LogP contribution >= 0.6 is 27.7 Å². The molecule has 2 rings (SSSR count). The molecule has 214 valence electrons. The van der Waals surface area contributed by atoms with E-state index in [1.807, 2.05) is 0 Å². The monoisotopic (exact) mass is 646 g/mol. The minimum Gasteiger partial charge on any atom is -0.452 e. The van der Waals surface area contributed by atoms with E-state index in [0.29, 0.717) is 17.3 Å². The van der Waals surface area contributed by atoms with Crippen molar-refractivity contribution in [2.24, 2.45) is 4.99 Å². The van der Waals surface area contributed by atoms with Crippen molar-refractivity contribution in [2.45, 2.75) is 57.6 Å². The van der Waals surface area contributed by atoms with Gasteiger partial charge >= 0.3 is 18.3 Å². The van der Waals surface area contributed by atoms with Crippen LogP contribution < -0.4 is 0 Å². The van der Waals surface area contributed by atoms with Crippen LogP contribution in [-0.4, -0.2) is 73.4 Å². The molecule has 9 nitrogen and oxygen atoms in total. The molecule has 1 aliphatic rings. The van der Waals surface area contributed by atoms with Gasteiger partial charge in [-0.05, 0) is 51.1 Å². The third-order valence-electron chi connectivity index (χ3n) is 5.10. The molecule has 0 radical (unpaired) electrons. The van der Waals surface area contributed by atoms with Gasteiger partial charge in [-0.25, -0.2) is 28.3 Å². The van der Waals surface area contributed by atoms with E-state index in [1.165, 1.54) is 24.3 Å². The lowest BCUT2D eigenvalue weighted by molar-refractivity contribution is -0.137. The normalized spacial score (nSPS) is 17.5. The fourth-order valence-corrected chi connectivity index (χ4v) is 5.37. The average molecular weight is 648 g/mol. The lowest BCUT2D eigenvalue weighted by atomic mass is 9.90. The molecule has 0 spiro atoms. The quantitative estimate of drug-likeness (QED) is 0.0574. The molecule has 14 heteroatoms. The number of amides is 1. The Kier molecular flexibility index (Phi) is 11.6. The number of carbonyl (C=O) groups excluding carboxylic acids is 2. The van der Waals surface area contributed by atoms with E-state index in [2.05, 4.69) is 45.4 Å². The van der Waals surface area contributed by atoms with Crippen molar-refractivity contribution in [3.63, 3.8) is 0 Å². The van der Waals surface area contributed by atoms with Crippen molar-refractivity contribution in [2.75, 3.05) is 26.6 Å². The Labute approximate surface area is 240 Å².